The molecule has 0 aromatic heterocycles. The molecule has 2 bridgehead atoms. The van der Waals surface area contributed by atoms with Crippen molar-refractivity contribution in [2.75, 3.05) is 26.4 Å². The number of carbonyl (C=O) groups is 6. The van der Waals surface area contributed by atoms with Crippen molar-refractivity contribution >= 4 is 35.8 Å². The molecule has 2 heterocycles. The summed E-state index contributed by atoms with van der Waals surface area (Å²) in [4.78, 5) is 71.3. The molecular weight excluding hydrogens is 616 g/mol. The second-order valence-corrected chi connectivity index (χ2v) is 14.3. The van der Waals surface area contributed by atoms with Crippen molar-refractivity contribution in [1.29, 1.82) is 0 Å². The van der Waals surface area contributed by atoms with E-state index in [4.69, 9.17) is 28.8 Å². The molecule has 13 nitrogen and oxygen atoms in total. The Morgan fingerprint density at radius 2 is 1.09 bits per heavy atom. The molecular formula is C34H54O13. The van der Waals surface area contributed by atoms with Crippen molar-refractivity contribution in [3.63, 3.8) is 0 Å². The van der Waals surface area contributed by atoms with Crippen molar-refractivity contribution in [3.05, 3.63) is 0 Å². The molecule has 47 heavy (non-hydrogen) atoms. The van der Waals surface area contributed by atoms with Crippen LogP contribution in [0.2, 0.25) is 0 Å². The number of fused-ring (bicyclic) bond motifs is 2. The predicted octanol–water partition coefficient (Wildman–Crippen LogP) is 4.57. The van der Waals surface area contributed by atoms with Crippen molar-refractivity contribution in [2.24, 2.45) is 33.5 Å². The van der Waals surface area contributed by atoms with Gasteiger partial charge in [-0.3, -0.25) is 28.8 Å². The molecule has 1 saturated carbocycles. The summed E-state index contributed by atoms with van der Waals surface area (Å²) in [5.41, 5.74) is -3.72. The number of carboxylic acid groups (broad SMARTS) is 2. The number of ether oxygens (including phenoxy) is 5. The number of aliphatic carboxylic acids is 2. The van der Waals surface area contributed by atoms with Gasteiger partial charge in [0, 0.05) is 0 Å². The highest BCUT2D eigenvalue weighted by Crippen LogP contribution is 2.60. The number of esters is 4. The minimum Gasteiger partial charge on any atom is -0.481 e. The average molecular weight is 671 g/mol. The third-order valence-electron chi connectivity index (χ3n) is 10.6. The van der Waals surface area contributed by atoms with Gasteiger partial charge in [-0.2, -0.15) is 0 Å². The zero-order valence-corrected chi connectivity index (χ0v) is 29.2. The van der Waals surface area contributed by atoms with E-state index in [9.17, 15) is 33.9 Å². The molecule has 6 unspecified atom stereocenters. The molecule has 6 atom stereocenters. The summed E-state index contributed by atoms with van der Waals surface area (Å²) in [5.74, 6) is -5.05. The van der Waals surface area contributed by atoms with E-state index >= 15 is 0 Å². The Hall–Kier alpha value is -3.22. The number of carbonyl (C=O) groups excluding carboxylic acids is 4. The van der Waals surface area contributed by atoms with E-state index in [1.165, 1.54) is 0 Å². The quantitative estimate of drug-likeness (QED) is 0.149. The lowest BCUT2D eigenvalue weighted by atomic mass is 9.57. The standard InChI is InChI=1S/C18H28O7.C16H26O6/c1-6-16(2,3)14(21)23-9-10-24-15(22)18(5)12-8-7-11(25-12)17(18,4)13(19)20;1-4-16(2,3)15(20)22-10-9-21-14(19)12-8-6-5-7-11(12)13(17)18/h11-12H,6-10H2,1-5H3,(H,19,20);11-12H,4-10H2,1-3H3,(H,17,18). The van der Waals surface area contributed by atoms with Crippen molar-refractivity contribution in [1.82, 2.24) is 0 Å². The smallest absolute Gasteiger partial charge is 0.315 e. The van der Waals surface area contributed by atoms with Crippen LogP contribution in [-0.4, -0.2) is 84.7 Å². The Bertz CT molecular complexity index is 1160. The van der Waals surface area contributed by atoms with Gasteiger partial charge in [-0.1, -0.05) is 26.7 Å². The molecule has 13 heteroatoms. The van der Waals surface area contributed by atoms with E-state index in [0.29, 0.717) is 38.5 Å². The second-order valence-electron chi connectivity index (χ2n) is 14.3. The molecule has 268 valence electrons. The lowest BCUT2D eigenvalue weighted by molar-refractivity contribution is -0.178. The first-order valence-corrected chi connectivity index (χ1v) is 16.6. The molecule has 2 saturated heterocycles. The summed E-state index contributed by atoms with van der Waals surface area (Å²) in [6.45, 7) is 13.9. The first-order valence-electron chi connectivity index (χ1n) is 16.6. The largest absolute Gasteiger partial charge is 0.481 e. The van der Waals surface area contributed by atoms with E-state index < -0.39 is 69.6 Å². The summed E-state index contributed by atoms with van der Waals surface area (Å²) in [6, 6.07) is 0. The Labute approximate surface area is 277 Å². The van der Waals surface area contributed by atoms with Crippen LogP contribution in [-0.2, 0) is 52.5 Å². The van der Waals surface area contributed by atoms with Crippen LogP contribution < -0.4 is 0 Å². The zero-order valence-electron chi connectivity index (χ0n) is 29.2. The Kier molecular flexibility index (Phi) is 13.8. The summed E-state index contributed by atoms with van der Waals surface area (Å²) >= 11 is 0. The summed E-state index contributed by atoms with van der Waals surface area (Å²) in [5, 5.41) is 18.8. The van der Waals surface area contributed by atoms with Gasteiger partial charge in [0.05, 0.1) is 34.9 Å². The molecule has 0 aromatic carbocycles. The maximum atomic E-state index is 12.7. The molecule has 0 spiro atoms. The maximum Gasteiger partial charge on any atom is 0.315 e. The molecule has 2 aliphatic heterocycles. The molecule has 0 aromatic rings. The number of rotatable bonds is 14. The van der Waals surface area contributed by atoms with Crippen LogP contribution in [0.3, 0.4) is 0 Å². The van der Waals surface area contributed by atoms with Crippen molar-refractivity contribution in [3.8, 4) is 0 Å². The summed E-state index contributed by atoms with van der Waals surface area (Å²) < 4.78 is 26.3. The van der Waals surface area contributed by atoms with Gasteiger partial charge in [0.15, 0.2) is 0 Å². The Morgan fingerprint density at radius 3 is 1.53 bits per heavy atom. The topological polar surface area (TPSA) is 189 Å². The van der Waals surface area contributed by atoms with E-state index in [0.717, 1.165) is 12.8 Å². The molecule has 3 aliphatic rings. The zero-order chi connectivity index (χ0) is 35.8. The highest BCUT2D eigenvalue weighted by Gasteiger charge is 2.72. The lowest BCUT2D eigenvalue weighted by Crippen LogP contribution is -2.56. The van der Waals surface area contributed by atoms with Crippen LogP contribution in [0, 0.1) is 33.5 Å². The van der Waals surface area contributed by atoms with E-state index in [1.54, 1.807) is 41.5 Å². The first-order chi connectivity index (χ1) is 21.8. The fourth-order valence-corrected chi connectivity index (χ4v) is 6.05. The van der Waals surface area contributed by atoms with Gasteiger partial charge in [0.25, 0.3) is 0 Å². The van der Waals surface area contributed by atoms with E-state index in [-0.39, 0.29) is 38.4 Å². The Balaban J connectivity index is 0.000000330. The third kappa shape index (κ3) is 8.83. The predicted molar refractivity (Wildman–Crippen MR) is 167 cm³/mol. The minimum atomic E-state index is -1.33. The highest BCUT2D eigenvalue weighted by atomic mass is 16.6. The maximum absolute atomic E-state index is 12.7. The van der Waals surface area contributed by atoms with E-state index in [1.807, 2.05) is 13.8 Å². The van der Waals surface area contributed by atoms with Gasteiger partial charge in [-0.05, 0) is 80.1 Å². The average Bonchev–Trinajstić information content (AvgIpc) is 3.62. The van der Waals surface area contributed by atoms with Crippen LogP contribution in [0.5, 0.6) is 0 Å². The van der Waals surface area contributed by atoms with Gasteiger partial charge in [-0.25, -0.2) is 0 Å². The van der Waals surface area contributed by atoms with Crippen LogP contribution in [0.15, 0.2) is 0 Å². The number of hydrogen-bond acceptors (Lipinski definition) is 11. The van der Waals surface area contributed by atoms with Crippen LogP contribution >= 0.6 is 0 Å². The molecule has 3 rings (SSSR count). The fourth-order valence-electron chi connectivity index (χ4n) is 6.05. The third-order valence-corrected chi connectivity index (χ3v) is 10.6. The second kappa shape index (κ2) is 16.3. The first kappa shape index (κ1) is 40.0. The van der Waals surface area contributed by atoms with Gasteiger partial charge >= 0.3 is 35.8 Å². The summed E-state index contributed by atoms with van der Waals surface area (Å²) in [7, 11) is 0. The summed E-state index contributed by atoms with van der Waals surface area (Å²) in [6.07, 6.45) is 4.32. The molecule has 0 amide bonds. The van der Waals surface area contributed by atoms with Gasteiger partial charge < -0.3 is 33.9 Å². The van der Waals surface area contributed by atoms with E-state index in [2.05, 4.69) is 0 Å². The molecule has 0 radical (unpaired) electrons. The fraction of sp³-hybridized carbons (Fsp3) is 0.824. The molecule has 2 N–H and O–H groups in total. The van der Waals surface area contributed by atoms with Crippen molar-refractivity contribution < 1.29 is 62.7 Å². The molecule has 3 fully saturated rings. The number of carboxylic acids is 2. The SMILES string of the molecule is CCC(C)(C)C(=O)OCCOC(=O)C1(C)C2CCC(O2)C1(C)C(=O)O.CCC(C)(C)C(=O)OCCOC(=O)C1CCCCC1C(=O)O. The number of hydrogen-bond donors (Lipinski definition) is 2. The van der Waals surface area contributed by atoms with Gasteiger partial charge in [0.1, 0.15) is 37.3 Å². The van der Waals surface area contributed by atoms with Crippen LogP contribution in [0.1, 0.15) is 107 Å². The molecule has 1 aliphatic carbocycles. The van der Waals surface area contributed by atoms with Crippen molar-refractivity contribution in [2.45, 2.75) is 119 Å². The monoisotopic (exact) mass is 670 g/mol. The Morgan fingerprint density at radius 1 is 0.660 bits per heavy atom. The van der Waals surface area contributed by atoms with Crippen LogP contribution in [0.4, 0.5) is 0 Å². The van der Waals surface area contributed by atoms with Gasteiger partial charge in [-0.15, -0.1) is 0 Å². The lowest BCUT2D eigenvalue weighted by Gasteiger charge is -2.41. The minimum absolute atomic E-state index is 0.00153. The van der Waals surface area contributed by atoms with Gasteiger partial charge in [0.2, 0.25) is 0 Å². The van der Waals surface area contributed by atoms with Crippen LogP contribution in [0.25, 0.3) is 0 Å². The normalized spacial score (nSPS) is 28.3. The highest BCUT2D eigenvalue weighted by molar-refractivity contribution is 5.89.